The predicted molar refractivity (Wildman–Crippen MR) is 64.1 cm³/mol. The molecule has 0 aromatic heterocycles. The van der Waals surface area contributed by atoms with Gasteiger partial charge in [-0.3, -0.25) is 4.79 Å². The number of amides is 1. The smallest absolute Gasteiger partial charge is 0.248 e. The number of ether oxygens (including phenoxy) is 1. The molecule has 4 nitrogen and oxygen atoms in total. The Kier molecular flexibility index (Phi) is 5.22. The lowest BCUT2D eigenvalue weighted by Gasteiger charge is -2.38. The SMILES string of the molecule is CC(C)OCC(=O)N1CCCCC1C(C)N. The van der Waals surface area contributed by atoms with Gasteiger partial charge in [0.1, 0.15) is 6.61 Å². The van der Waals surface area contributed by atoms with Crippen LogP contribution in [0.25, 0.3) is 0 Å². The molecule has 0 aromatic carbocycles. The van der Waals surface area contributed by atoms with Crippen LogP contribution in [-0.4, -0.2) is 42.1 Å². The average molecular weight is 228 g/mol. The average Bonchev–Trinajstić information content (AvgIpc) is 2.25. The highest BCUT2D eigenvalue weighted by Gasteiger charge is 2.28. The van der Waals surface area contributed by atoms with Crippen LogP contribution in [0, 0.1) is 0 Å². The summed E-state index contributed by atoms with van der Waals surface area (Å²) in [5, 5.41) is 0. The third-order valence-electron chi connectivity index (χ3n) is 3.02. The molecule has 0 bridgehead atoms. The highest BCUT2D eigenvalue weighted by molar-refractivity contribution is 5.78. The number of piperidine rings is 1. The Bertz CT molecular complexity index is 229. The van der Waals surface area contributed by atoms with Gasteiger partial charge >= 0.3 is 0 Å². The van der Waals surface area contributed by atoms with Crippen LogP contribution in [0.1, 0.15) is 40.0 Å². The van der Waals surface area contributed by atoms with Crippen molar-refractivity contribution in [2.24, 2.45) is 5.73 Å². The molecular formula is C12H24N2O2. The third kappa shape index (κ3) is 3.76. The molecule has 2 N–H and O–H groups in total. The van der Waals surface area contributed by atoms with Crippen LogP contribution in [0.3, 0.4) is 0 Å². The van der Waals surface area contributed by atoms with Gasteiger partial charge in [-0.2, -0.15) is 0 Å². The molecule has 0 aromatic rings. The van der Waals surface area contributed by atoms with Crippen molar-refractivity contribution in [2.75, 3.05) is 13.2 Å². The van der Waals surface area contributed by atoms with Crippen LogP contribution >= 0.6 is 0 Å². The molecule has 1 fully saturated rings. The molecule has 1 saturated heterocycles. The minimum Gasteiger partial charge on any atom is -0.369 e. The molecule has 94 valence electrons. The first-order chi connectivity index (χ1) is 7.52. The van der Waals surface area contributed by atoms with Crippen molar-refractivity contribution in [1.29, 1.82) is 0 Å². The van der Waals surface area contributed by atoms with E-state index in [9.17, 15) is 4.79 Å². The van der Waals surface area contributed by atoms with Gasteiger partial charge in [-0.05, 0) is 40.0 Å². The summed E-state index contributed by atoms with van der Waals surface area (Å²) in [6, 6.07) is 0.236. The Labute approximate surface area is 98.1 Å². The molecule has 1 rings (SSSR count). The Morgan fingerprint density at radius 2 is 2.12 bits per heavy atom. The van der Waals surface area contributed by atoms with Crippen LogP contribution in [0.5, 0.6) is 0 Å². The van der Waals surface area contributed by atoms with Gasteiger partial charge in [-0.15, -0.1) is 0 Å². The Balaban J connectivity index is 2.50. The topological polar surface area (TPSA) is 55.6 Å². The summed E-state index contributed by atoms with van der Waals surface area (Å²) in [5.74, 6) is 0.0794. The molecular weight excluding hydrogens is 204 g/mol. The fourth-order valence-electron chi connectivity index (χ4n) is 2.13. The van der Waals surface area contributed by atoms with E-state index in [1.54, 1.807) is 0 Å². The number of hydrogen-bond donors (Lipinski definition) is 1. The second-order valence-electron chi connectivity index (χ2n) is 4.87. The van der Waals surface area contributed by atoms with E-state index < -0.39 is 0 Å². The summed E-state index contributed by atoms with van der Waals surface area (Å²) in [6.07, 6.45) is 3.37. The van der Waals surface area contributed by atoms with Crippen molar-refractivity contribution >= 4 is 5.91 Å². The third-order valence-corrected chi connectivity index (χ3v) is 3.02. The molecule has 0 saturated carbocycles. The van der Waals surface area contributed by atoms with Crippen LogP contribution in [0.2, 0.25) is 0 Å². The van der Waals surface area contributed by atoms with E-state index in [0.717, 1.165) is 19.4 Å². The summed E-state index contributed by atoms with van der Waals surface area (Å²) >= 11 is 0. The van der Waals surface area contributed by atoms with Crippen molar-refractivity contribution < 1.29 is 9.53 Å². The zero-order valence-corrected chi connectivity index (χ0v) is 10.6. The molecule has 1 aliphatic heterocycles. The quantitative estimate of drug-likeness (QED) is 0.785. The lowest BCUT2D eigenvalue weighted by Crippen LogP contribution is -2.52. The monoisotopic (exact) mass is 228 g/mol. The zero-order chi connectivity index (χ0) is 12.1. The Morgan fingerprint density at radius 1 is 1.44 bits per heavy atom. The van der Waals surface area contributed by atoms with Gasteiger partial charge in [0.05, 0.1) is 6.10 Å². The maximum absolute atomic E-state index is 12.0. The normalized spacial score (nSPS) is 23.6. The molecule has 0 spiro atoms. The lowest BCUT2D eigenvalue weighted by atomic mass is 9.97. The zero-order valence-electron chi connectivity index (χ0n) is 10.6. The van der Waals surface area contributed by atoms with Gasteiger partial charge in [0.2, 0.25) is 5.91 Å². The van der Waals surface area contributed by atoms with Gasteiger partial charge in [-0.1, -0.05) is 0 Å². The highest BCUT2D eigenvalue weighted by atomic mass is 16.5. The van der Waals surface area contributed by atoms with Gasteiger partial charge in [0, 0.05) is 18.6 Å². The maximum Gasteiger partial charge on any atom is 0.248 e. The van der Waals surface area contributed by atoms with Crippen LogP contribution in [0.15, 0.2) is 0 Å². The molecule has 4 heteroatoms. The Hall–Kier alpha value is -0.610. The number of likely N-dealkylation sites (tertiary alicyclic amines) is 1. The number of carbonyl (C=O) groups is 1. The summed E-state index contributed by atoms with van der Waals surface area (Å²) in [6.45, 7) is 6.85. The van der Waals surface area contributed by atoms with Gasteiger partial charge in [-0.25, -0.2) is 0 Å². The molecule has 1 aliphatic rings. The fraction of sp³-hybridized carbons (Fsp3) is 0.917. The van der Waals surface area contributed by atoms with Crippen LogP contribution < -0.4 is 5.73 Å². The first kappa shape index (κ1) is 13.5. The highest BCUT2D eigenvalue weighted by Crippen LogP contribution is 2.19. The maximum atomic E-state index is 12.0. The van der Waals surface area contributed by atoms with Crippen LogP contribution in [0.4, 0.5) is 0 Å². The largest absolute Gasteiger partial charge is 0.369 e. The number of rotatable bonds is 4. The molecule has 2 unspecified atom stereocenters. The van der Waals surface area contributed by atoms with Crippen molar-refractivity contribution in [2.45, 2.75) is 58.2 Å². The van der Waals surface area contributed by atoms with Gasteiger partial charge in [0.15, 0.2) is 0 Å². The van der Waals surface area contributed by atoms with Crippen molar-refractivity contribution in [3.63, 3.8) is 0 Å². The van der Waals surface area contributed by atoms with E-state index in [2.05, 4.69) is 0 Å². The first-order valence-corrected chi connectivity index (χ1v) is 6.19. The summed E-state index contributed by atoms with van der Waals surface area (Å²) in [4.78, 5) is 13.9. The molecule has 16 heavy (non-hydrogen) atoms. The molecule has 2 atom stereocenters. The van der Waals surface area contributed by atoms with E-state index in [1.807, 2.05) is 25.7 Å². The minimum absolute atomic E-state index is 0.0447. The van der Waals surface area contributed by atoms with E-state index in [-0.39, 0.29) is 30.7 Å². The van der Waals surface area contributed by atoms with Gasteiger partial charge < -0.3 is 15.4 Å². The number of nitrogens with two attached hydrogens (primary N) is 1. The summed E-state index contributed by atoms with van der Waals surface area (Å²) in [5.41, 5.74) is 5.92. The predicted octanol–water partition coefficient (Wildman–Crippen LogP) is 1.14. The summed E-state index contributed by atoms with van der Waals surface area (Å²) in [7, 11) is 0. The first-order valence-electron chi connectivity index (χ1n) is 6.19. The van der Waals surface area contributed by atoms with Crippen molar-refractivity contribution in [3.8, 4) is 0 Å². The van der Waals surface area contributed by atoms with E-state index in [4.69, 9.17) is 10.5 Å². The number of nitrogens with zero attached hydrogens (tertiary/aromatic N) is 1. The van der Waals surface area contributed by atoms with Crippen LogP contribution in [-0.2, 0) is 9.53 Å². The Morgan fingerprint density at radius 3 is 2.69 bits per heavy atom. The molecule has 0 radical (unpaired) electrons. The van der Waals surface area contributed by atoms with E-state index in [1.165, 1.54) is 6.42 Å². The molecule has 0 aliphatic carbocycles. The second kappa shape index (κ2) is 6.21. The second-order valence-corrected chi connectivity index (χ2v) is 4.87. The lowest BCUT2D eigenvalue weighted by molar-refractivity contribution is -0.141. The molecule has 1 amide bonds. The number of hydrogen-bond acceptors (Lipinski definition) is 3. The number of carbonyl (C=O) groups excluding carboxylic acids is 1. The molecule has 1 heterocycles. The summed E-state index contributed by atoms with van der Waals surface area (Å²) < 4.78 is 5.35. The van der Waals surface area contributed by atoms with Crippen molar-refractivity contribution in [3.05, 3.63) is 0 Å². The van der Waals surface area contributed by atoms with E-state index in [0.29, 0.717) is 0 Å². The van der Waals surface area contributed by atoms with E-state index >= 15 is 0 Å². The standard InChI is InChI=1S/C12H24N2O2/c1-9(2)16-8-12(15)14-7-5-4-6-11(14)10(3)13/h9-11H,4-8,13H2,1-3H3. The van der Waals surface area contributed by atoms with Crippen molar-refractivity contribution in [1.82, 2.24) is 4.90 Å². The minimum atomic E-state index is 0.0447. The fourth-order valence-corrected chi connectivity index (χ4v) is 2.13. The van der Waals surface area contributed by atoms with Gasteiger partial charge in [0.25, 0.3) is 0 Å².